The van der Waals surface area contributed by atoms with Crippen LogP contribution in [0.3, 0.4) is 0 Å². The molecule has 1 unspecified atom stereocenters. The summed E-state index contributed by atoms with van der Waals surface area (Å²) in [6.45, 7) is 1.84. The minimum Gasteiger partial charge on any atom is -0.497 e. The van der Waals surface area contributed by atoms with E-state index in [2.05, 4.69) is 9.97 Å². The fourth-order valence-corrected chi connectivity index (χ4v) is 2.04. The lowest BCUT2D eigenvalue weighted by Crippen LogP contribution is -2.06. The molecule has 2 rings (SSSR count). The van der Waals surface area contributed by atoms with Gasteiger partial charge in [-0.3, -0.25) is 9.97 Å². The average molecular weight is 277 g/mol. The number of carbonyl (C=O) groups is 1. The van der Waals surface area contributed by atoms with E-state index < -0.39 is 5.92 Å². The van der Waals surface area contributed by atoms with Crippen LogP contribution < -0.4 is 4.74 Å². The Kier molecular flexibility index (Phi) is 4.12. The minimum atomic E-state index is -0.522. The number of rotatable bonds is 4. The molecule has 0 aliphatic carbocycles. The summed E-state index contributed by atoms with van der Waals surface area (Å²) in [7, 11) is 1.56. The van der Waals surface area contributed by atoms with Crippen LogP contribution in [0, 0.1) is 6.92 Å². The van der Waals surface area contributed by atoms with Gasteiger partial charge in [0.2, 0.25) is 0 Å². The highest BCUT2D eigenvalue weighted by Crippen LogP contribution is 2.30. The van der Waals surface area contributed by atoms with Crippen LogP contribution >= 0.6 is 11.6 Å². The lowest BCUT2D eigenvalue weighted by Gasteiger charge is -2.12. The zero-order valence-electron chi connectivity index (χ0n) is 10.6. The topological polar surface area (TPSA) is 52.1 Å². The molecule has 19 heavy (non-hydrogen) atoms. The van der Waals surface area contributed by atoms with Gasteiger partial charge in [-0.2, -0.15) is 0 Å². The average Bonchev–Trinajstić information content (AvgIpc) is 2.43. The van der Waals surface area contributed by atoms with Crippen molar-refractivity contribution in [2.45, 2.75) is 12.8 Å². The molecule has 0 aliphatic rings. The van der Waals surface area contributed by atoms with E-state index in [1.807, 2.05) is 6.92 Å². The summed E-state index contributed by atoms with van der Waals surface area (Å²) in [6, 6.07) is 5.20. The molecule has 0 radical (unpaired) electrons. The summed E-state index contributed by atoms with van der Waals surface area (Å²) < 4.78 is 5.08. The predicted molar refractivity (Wildman–Crippen MR) is 72.7 cm³/mol. The van der Waals surface area contributed by atoms with Gasteiger partial charge in [0.1, 0.15) is 12.0 Å². The van der Waals surface area contributed by atoms with E-state index in [-0.39, 0.29) is 0 Å². The van der Waals surface area contributed by atoms with E-state index in [0.717, 1.165) is 12.0 Å². The Balaban J connectivity index is 2.42. The number of carbonyl (C=O) groups excluding carboxylic acids is 1. The fraction of sp³-hybridized carbons (Fsp3) is 0.214. The molecule has 4 nitrogen and oxygen atoms in total. The highest BCUT2D eigenvalue weighted by atomic mass is 35.5. The maximum Gasteiger partial charge on any atom is 0.133 e. The molecule has 0 spiro atoms. The van der Waals surface area contributed by atoms with Gasteiger partial charge in [-0.15, -0.1) is 0 Å². The molecule has 5 heteroatoms. The van der Waals surface area contributed by atoms with Crippen LogP contribution in [-0.2, 0) is 4.79 Å². The Labute approximate surface area is 116 Å². The summed E-state index contributed by atoms with van der Waals surface area (Å²) in [6.07, 6.45) is 4.03. The smallest absolute Gasteiger partial charge is 0.133 e. The number of benzene rings is 1. The molecule has 0 saturated heterocycles. The van der Waals surface area contributed by atoms with Crippen molar-refractivity contribution in [2.75, 3.05) is 7.11 Å². The van der Waals surface area contributed by atoms with Crippen molar-refractivity contribution in [3.8, 4) is 5.75 Å². The largest absolute Gasteiger partial charge is 0.497 e. The second-order valence-electron chi connectivity index (χ2n) is 4.08. The lowest BCUT2D eigenvalue weighted by atomic mass is 9.97. The molecule has 0 fully saturated rings. The SMILES string of the molecule is COc1ccc(C(C=O)c2cnc(C)cn2)c(Cl)c1. The molecule has 0 saturated carbocycles. The number of hydrogen-bond acceptors (Lipinski definition) is 4. The van der Waals surface area contributed by atoms with Crippen molar-refractivity contribution in [1.29, 1.82) is 0 Å². The van der Waals surface area contributed by atoms with Crippen LogP contribution in [0.25, 0.3) is 0 Å². The van der Waals surface area contributed by atoms with Gasteiger partial charge in [-0.05, 0) is 24.6 Å². The standard InChI is InChI=1S/C14H13ClN2O2/c1-9-6-17-14(7-16-9)12(8-18)11-4-3-10(19-2)5-13(11)15/h3-8,12H,1-2H3. The van der Waals surface area contributed by atoms with E-state index in [0.29, 0.717) is 22.0 Å². The maximum atomic E-state index is 11.3. The van der Waals surface area contributed by atoms with Crippen LogP contribution in [0.2, 0.25) is 5.02 Å². The van der Waals surface area contributed by atoms with Gasteiger partial charge < -0.3 is 9.53 Å². The van der Waals surface area contributed by atoms with E-state index in [4.69, 9.17) is 16.3 Å². The maximum absolute atomic E-state index is 11.3. The quantitative estimate of drug-likeness (QED) is 0.806. The Morgan fingerprint density at radius 1 is 1.32 bits per heavy atom. The van der Waals surface area contributed by atoms with Crippen molar-refractivity contribution >= 4 is 17.9 Å². The number of methoxy groups -OCH3 is 1. The van der Waals surface area contributed by atoms with Crippen LogP contribution in [0.1, 0.15) is 22.9 Å². The van der Waals surface area contributed by atoms with Crippen LogP contribution in [-0.4, -0.2) is 23.4 Å². The van der Waals surface area contributed by atoms with E-state index in [1.165, 1.54) is 0 Å². The van der Waals surface area contributed by atoms with Gasteiger partial charge in [0.25, 0.3) is 0 Å². The molecule has 1 atom stereocenters. The molecule has 1 heterocycles. The first kappa shape index (κ1) is 13.5. The van der Waals surface area contributed by atoms with Gasteiger partial charge in [-0.1, -0.05) is 17.7 Å². The molecule has 2 aromatic rings. The molecule has 0 amide bonds. The molecule has 0 N–H and O–H groups in total. The van der Waals surface area contributed by atoms with Crippen LogP contribution in [0.5, 0.6) is 5.75 Å². The summed E-state index contributed by atoms with van der Waals surface area (Å²) in [5.74, 6) is 0.125. The minimum absolute atomic E-state index is 0.471. The lowest BCUT2D eigenvalue weighted by molar-refractivity contribution is -0.108. The fourth-order valence-electron chi connectivity index (χ4n) is 1.75. The third-order valence-corrected chi connectivity index (χ3v) is 3.13. The molecule has 0 bridgehead atoms. The molecular formula is C14H13ClN2O2. The Morgan fingerprint density at radius 3 is 2.63 bits per heavy atom. The number of hydrogen-bond donors (Lipinski definition) is 0. The van der Waals surface area contributed by atoms with Crippen molar-refractivity contribution < 1.29 is 9.53 Å². The second-order valence-corrected chi connectivity index (χ2v) is 4.49. The monoisotopic (exact) mass is 276 g/mol. The number of halogens is 1. The zero-order valence-corrected chi connectivity index (χ0v) is 11.4. The number of aryl methyl sites for hydroxylation is 1. The van der Waals surface area contributed by atoms with Crippen molar-refractivity contribution in [3.05, 3.63) is 52.6 Å². The number of aldehydes is 1. The molecule has 0 aliphatic heterocycles. The van der Waals surface area contributed by atoms with E-state index in [9.17, 15) is 4.79 Å². The van der Waals surface area contributed by atoms with Crippen molar-refractivity contribution in [1.82, 2.24) is 9.97 Å². The first-order valence-corrected chi connectivity index (χ1v) is 6.10. The zero-order chi connectivity index (χ0) is 13.8. The first-order valence-electron chi connectivity index (χ1n) is 5.73. The van der Waals surface area contributed by atoms with Crippen LogP contribution in [0.4, 0.5) is 0 Å². The summed E-state index contributed by atoms with van der Waals surface area (Å²) >= 11 is 6.18. The predicted octanol–water partition coefficient (Wildman–Crippen LogP) is 2.78. The Morgan fingerprint density at radius 2 is 2.11 bits per heavy atom. The third kappa shape index (κ3) is 2.90. The Hall–Kier alpha value is -1.94. The summed E-state index contributed by atoms with van der Waals surface area (Å²) in [4.78, 5) is 19.7. The number of aromatic nitrogens is 2. The molecule has 1 aromatic carbocycles. The van der Waals surface area contributed by atoms with E-state index >= 15 is 0 Å². The number of ether oxygens (including phenoxy) is 1. The highest BCUT2D eigenvalue weighted by Gasteiger charge is 2.18. The second kappa shape index (κ2) is 5.80. The van der Waals surface area contributed by atoms with Crippen molar-refractivity contribution in [3.63, 3.8) is 0 Å². The van der Waals surface area contributed by atoms with Crippen molar-refractivity contribution in [2.24, 2.45) is 0 Å². The van der Waals surface area contributed by atoms with Gasteiger partial charge in [-0.25, -0.2) is 0 Å². The van der Waals surface area contributed by atoms with Crippen LogP contribution in [0.15, 0.2) is 30.6 Å². The summed E-state index contributed by atoms with van der Waals surface area (Å²) in [5.41, 5.74) is 2.07. The van der Waals surface area contributed by atoms with Gasteiger partial charge in [0.05, 0.1) is 24.4 Å². The van der Waals surface area contributed by atoms with E-state index in [1.54, 1.807) is 37.7 Å². The molecule has 98 valence electrons. The highest BCUT2D eigenvalue weighted by molar-refractivity contribution is 6.31. The Bertz CT molecular complexity index is 584. The number of nitrogens with zero attached hydrogens (tertiary/aromatic N) is 2. The first-order chi connectivity index (χ1) is 9.15. The van der Waals surface area contributed by atoms with Gasteiger partial charge >= 0.3 is 0 Å². The van der Waals surface area contributed by atoms with Gasteiger partial charge in [0, 0.05) is 17.4 Å². The third-order valence-electron chi connectivity index (χ3n) is 2.80. The molecule has 1 aromatic heterocycles. The molecular weight excluding hydrogens is 264 g/mol. The van der Waals surface area contributed by atoms with Gasteiger partial charge in [0.15, 0.2) is 0 Å². The normalized spacial score (nSPS) is 11.9. The summed E-state index contributed by atoms with van der Waals surface area (Å²) in [5, 5.41) is 0.471.